The monoisotopic (exact) mass is 400 g/mol. The first-order valence-corrected chi connectivity index (χ1v) is 10.7. The van der Waals surface area contributed by atoms with E-state index in [0.717, 1.165) is 5.56 Å². The maximum Gasteiger partial charge on any atom is 0.243 e. The number of aryl methyl sites for hydroxylation is 1. The molecule has 0 atom stereocenters. The Morgan fingerprint density at radius 3 is 2.07 bits per heavy atom. The standard InChI is InChI=1S/C21H24N2O4S/c1-17(24)19-8-10-20(11-9-19)28(26,27)23-15-13-22(14-16-23)21(25)12-7-18-5-3-2-4-6-18/h2-6,8-11H,7,12-16H2,1H3. The molecule has 7 heteroatoms. The molecule has 1 saturated heterocycles. The highest BCUT2D eigenvalue weighted by molar-refractivity contribution is 7.89. The van der Waals surface area contributed by atoms with Crippen LogP contribution in [0, 0.1) is 0 Å². The van der Waals surface area contributed by atoms with E-state index in [9.17, 15) is 18.0 Å². The van der Waals surface area contributed by atoms with E-state index in [1.807, 2.05) is 30.3 Å². The van der Waals surface area contributed by atoms with Gasteiger partial charge in [0.15, 0.2) is 5.78 Å². The van der Waals surface area contributed by atoms with Gasteiger partial charge in [0.25, 0.3) is 0 Å². The molecular weight excluding hydrogens is 376 g/mol. The van der Waals surface area contributed by atoms with Crippen molar-refractivity contribution in [3.05, 3.63) is 65.7 Å². The van der Waals surface area contributed by atoms with E-state index >= 15 is 0 Å². The quantitative estimate of drug-likeness (QED) is 0.698. The molecule has 0 aromatic heterocycles. The lowest BCUT2D eigenvalue weighted by Gasteiger charge is -2.34. The molecule has 3 rings (SSSR count). The average Bonchev–Trinajstić information content (AvgIpc) is 2.73. The summed E-state index contributed by atoms with van der Waals surface area (Å²) in [7, 11) is -3.62. The summed E-state index contributed by atoms with van der Waals surface area (Å²) in [5, 5.41) is 0. The molecule has 0 unspecified atom stereocenters. The van der Waals surface area contributed by atoms with Crippen LogP contribution in [0.3, 0.4) is 0 Å². The van der Waals surface area contributed by atoms with Crippen molar-refractivity contribution >= 4 is 21.7 Å². The molecule has 2 aromatic rings. The van der Waals surface area contributed by atoms with E-state index < -0.39 is 10.0 Å². The SMILES string of the molecule is CC(=O)c1ccc(S(=O)(=O)N2CCN(C(=O)CCc3ccccc3)CC2)cc1. The van der Waals surface area contributed by atoms with Crippen LogP contribution in [0.5, 0.6) is 0 Å². The largest absolute Gasteiger partial charge is 0.340 e. The number of carbonyl (C=O) groups is 2. The van der Waals surface area contributed by atoms with Crippen LogP contribution in [-0.2, 0) is 21.2 Å². The van der Waals surface area contributed by atoms with Crippen molar-refractivity contribution < 1.29 is 18.0 Å². The Kier molecular flexibility index (Phi) is 6.26. The fourth-order valence-electron chi connectivity index (χ4n) is 3.24. The molecule has 6 nitrogen and oxygen atoms in total. The van der Waals surface area contributed by atoms with E-state index in [1.165, 1.54) is 35.5 Å². The number of rotatable bonds is 6. The third-order valence-corrected chi connectivity index (χ3v) is 6.87. The van der Waals surface area contributed by atoms with Gasteiger partial charge in [-0.3, -0.25) is 9.59 Å². The van der Waals surface area contributed by atoms with Crippen molar-refractivity contribution in [3.63, 3.8) is 0 Å². The minimum Gasteiger partial charge on any atom is -0.340 e. The minimum absolute atomic E-state index is 0.0479. The molecule has 148 valence electrons. The van der Waals surface area contributed by atoms with Crippen molar-refractivity contribution in [2.75, 3.05) is 26.2 Å². The molecule has 2 aromatic carbocycles. The second-order valence-electron chi connectivity index (χ2n) is 6.85. The maximum atomic E-state index is 12.8. The number of nitrogens with zero attached hydrogens (tertiary/aromatic N) is 2. The minimum atomic E-state index is -3.62. The van der Waals surface area contributed by atoms with Gasteiger partial charge >= 0.3 is 0 Å². The van der Waals surface area contributed by atoms with Gasteiger partial charge < -0.3 is 4.90 Å². The molecule has 1 heterocycles. The number of Topliss-reactive ketones (excluding diaryl/α,β-unsaturated/α-hetero) is 1. The van der Waals surface area contributed by atoms with E-state index in [-0.39, 0.29) is 29.7 Å². The number of sulfonamides is 1. The van der Waals surface area contributed by atoms with Crippen LogP contribution in [-0.4, -0.2) is 55.5 Å². The Morgan fingerprint density at radius 2 is 1.50 bits per heavy atom. The third-order valence-electron chi connectivity index (χ3n) is 4.96. The van der Waals surface area contributed by atoms with Gasteiger partial charge in [0.2, 0.25) is 15.9 Å². The third kappa shape index (κ3) is 4.66. The zero-order valence-corrected chi connectivity index (χ0v) is 16.7. The van der Waals surface area contributed by atoms with E-state index in [1.54, 1.807) is 4.90 Å². The average molecular weight is 401 g/mol. The molecule has 0 N–H and O–H groups in total. The summed E-state index contributed by atoms with van der Waals surface area (Å²) < 4.78 is 27.0. The van der Waals surface area contributed by atoms with E-state index in [4.69, 9.17) is 0 Å². The van der Waals surface area contributed by atoms with Crippen molar-refractivity contribution in [3.8, 4) is 0 Å². The van der Waals surface area contributed by atoms with Crippen molar-refractivity contribution in [1.82, 2.24) is 9.21 Å². The highest BCUT2D eigenvalue weighted by Crippen LogP contribution is 2.19. The van der Waals surface area contributed by atoms with Crippen molar-refractivity contribution in [2.45, 2.75) is 24.7 Å². The number of ketones is 1. The molecule has 1 aliphatic heterocycles. The second-order valence-corrected chi connectivity index (χ2v) is 8.79. The van der Waals surface area contributed by atoms with Crippen LogP contribution in [0.4, 0.5) is 0 Å². The number of amides is 1. The lowest BCUT2D eigenvalue weighted by Crippen LogP contribution is -2.50. The summed E-state index contributed by atoms with van der Waals surface area (Å²) in [4.78, 5) is 25.7. The van der Waals surface area contributed by atoms with Gasteiger partial charge in [-0.1, -0.05) is 42.5 Å². The summed E-state index contributed by atoms with van der Waals surface area (Å²) in [6.07, 6.45) is 1.10. The molecule has 1 fully saturated rings. The smallest absolute Gasteiger partial charge is 0.243 e. The molecule has 1 amide bonds. The first-order chi connectivity index (χ1) is 13.4. The topological polar surface area (TPSA) is 74.8 Å². The summed E-state index contributed by atoms with van der Waals surface area (Å²) in [5.74, 6) is -0.0571. The lowest BCUT2D eigenvalue weighted by atomic mass is 10.1. The predicted octanol–water partition coefficient (Wildman–Crippen LogP) is 2.35. The van der Waals surface area contributed by atoms with Gasteiger partial charge in [-0.2, -0.15) is 4.31 Å². The molecule has 0 saturated carbocycles. The number of hydrogen-bond donors (Lipinski definition) is 0. The van der Waals surface area contributed by atoms with Gasteiger partial charge in [-0.25, -0.2) is 8.42 Å². The molecule has 0 radical (unpaired) electrons. The molecule has 0 spiro atoms. The molecule has 0 aliphatic carbocycles. The normalized spacial score (nSPS) is 15.4. The summed E-state index contributed by atoms with van der Waals surface area (Å²) >= 11 is 0. The Morgan fingerprint density at radius 1 is 0.893 bits per heavy atom. The summed E-state index contributed by atoms with van der Waals surface area (Å²) in [6.45, 7) is 2.76. The Hall–Kier alpha value is -2.51. The first-order valence-electron chi connectivity index (χ1n) is 9.31. The number of benzene rings is 2. The number of piperazine rings is 1. The maximum absolute atomic E-state index is 12.8. The van der Waals surface area contributed by atoms with Crippen LogP contribution in [0.1, 0.15) is 29.3 Å². The van der Waals surface area contributed by atoms with Crippen LogP contribution >= 0.6 is 0 Å². The fraction of sp³-hybridized carbons (Fsp3) is 0.333. The van der Waals surface area contributed by atoms with Gasteiger partial charge in [-0.15, -0.1) is 0 Å². The van der Waals surface area contributed by atoms with E-state index in [2.05, 4.69) is 0 Å². The van der Waals surface area contributed by atoms with Crippen LogP contribution < -0.4 is 0 Å². The number of hydrogen-bond acceptors (Lipinski definition) is 4. The van der Waals surface area contributed by atoms with Crippen molar-refractivity contribution in [1.29, 1.82) is 0 Å². The van der Waals surface area contributed by atoms with Crippen LogP contribution in [0.15, 0.2) is 59.5 Å². The van der Waals surface area contributed by atoms with Crippen LogP contribution in [0.25, 0.3) is 0 Å². The highest BCUT2D eigenvalue weighted by Gasteiger charge is 2.30. The van der Waals surface area contributed by atoms with E-state index in [0.29, 0.717) is 31.5 Å². The highest BCUT2D eigenvalue weighted by atomic mass is 32.2. The summed E-state index contributed by atoms with van der Waals surface area (Å²) in [6, 6.07) is 15.8. The van der Waals surface area contributed by atoms with Crippen LogP contribution in [0.2, 0.25) is 0 Å². The van der Waals surface area contributed by atoms with Gasteiger partial charge in [0.1, 0.15) is 0 Å². The zero-order valence-electron chi connectivity index (χ0n) is 15.9. The van der Waals surface area contributed by atoms with Gasteiger partial charge in [-0.05, 0) is 31.0 Å². The predicted molar refractivity (Wildman–Crippen MR) is 107 cm³/mol. The first kappa shape index (κ1) is 20.2. The lowest BCUT2D eigenvalue weighted by molar-refractivity contribution is -0.132. The molecule has 0 bridgehead atoms. The summed E-state index contributed by atoms with van der Waals surface area (Å²) in [5.41, 5.74) is 1.60. The molecular formula is C21H24N2O4S. The Bertz CT molecular complexity index is 932. The van der Waals surface area contributed by atoms with Gasteiger partial charge in [0.05, 0.1) is 4.90 Å². The molecule has 1 aliphatic rings. The van der Waals surface area contributed by atoms with Crippen molar-refractivity contribution in [2.24, 2.45) is 0 Å². The van der Waals surface area contributed by atoms with Gasteiger partial charge in [0, 0.05) is 38.2 Å². The second kappa shape index (κ2) is 8.67. The molecule has 28 heavy (non-hydrogen) atoms. The Balaban J connectivity index is 1.56. The Labute approximate surface area is 165 Å². The number of carbonyl (C=O) groups excluding carboxylic acids is 2. The fourth-order valence-corrected chi connectivity index (χ4v) is 4.66. The zero-order chi connectivity index (χ0) is 20.1.